The van der Waals surface area contributed by atoms with Gasteiger partial charge in [0, 0.05) is 56.9 Å². The Balaban J connectivity index is 0.00000267. The second kappa shape index (κ2) is 15.4. The summed E-state index contributed by atoms with van der Waals surface area (Å²) in [4.78, 5) is 36.9. The molecule has 2 amide bonds. The number of nitrogens with one attached hydrogen (secondary N) is 2. The highest BCUT2D eigenvalue weighted by Crippen LogP contribution is 2.27. The average Bonchev–Trinajstić information content (AvgIpc) is 3.35. The Morgan fingerprint density at radius 1 is 0.949 bits per heavy atom. The summed E-state index contributed by atoms with van der Waals surface area (Å²) < 4.78 is 0. The predicted molar refractivity (Wildman–Crippen MR) is 159 cm³/mol. The number of anilines is 1. The van der Waals surface area contributed by atoms with Crippen molar-refractivity contribution in [2.24, 2.45) is 0 Å². The van der Waals surface area contributed by atoms with E-state index in [0.717, 1.165) is 23.4 Å². The SMILES string of the molecule is CCNCCNC(=O)CN(CC(=O)N(C)N1Cc2ccccc2C1)c1cc(-c2ncccn2)ccc1C.Cl.Cl. The summed E-state index contributed by atoms with van der Waals surface area (Å²) in [5.74, 6) is 0.369. The van der Waals surface area contributed by atoms with Gasteiger partial charge in [-0.25, -0.2) is 15.0 Å². The number of hydrogen-bond acceptors (Lipinski definition) is 7. The standard InChI is InChI=1S/C28H35N7O2.2ClH/c1-4-29-14-15-30-26(36)19-34(25-16-22(11-10-21(25)2)28-31-12-7-13-32-28)20-27(37)33(3)35-17-23-8-5-6-9-24(23)18-35;;/h5-13,16,29H,4,14-15,17-20H2,1-3H3,(H,30,36);2*1H. The molecular weight excluding hydrogens is 537 g/mol. The first-order valence-electron chi connectivity index (χ1n) is 12.6. The van der Waals surface area contributed by atoms with Gasteiger partial charge in [-0.3, -0.25) is 14.6 Å². The summed E-state index contributed by atoms with van der Waals surface area (Å²) in [7, 11) is 1.80. The van der Waals surface area contributed by atoms with Crippen molar-refractivity contribution >= 4 is 42.3 Å². The quantitative estimate of drug-likeness (QED) is 0.340. The van der Waals surface area contributed by atoms with E-state index in [0.29, 0.717) is 32.0 Å². The Morgan fingerprint density at radius 2 is 1.62 bits per heavy atom. The molecule has 0 atom stereocenters. The number of rotatable bonds is 11. The van der Waals surface area contributed by atoms with Crippen LogP contribution in [0.3, 0.4) is 0 Å². The number of nitrogens with zero attached hydrogens (tertiary/aromatic N) is 5. The van der Waals surface area contributed by atoms with Crippen LogP contribution in [0, 0.1) is 6.92 Å². The minimum absolute atomic E-state index is 0. The lowest BCUT2D eigenvalue weighted by atomic mass is 10.1. The molecule has 39 heavy (non-hydrogen) atoms. The number of carbonyl (C=O) groups is 2. The summed E-state index contributed by atoms with van der Waals surface area (Å²) in [6, 6.07) is 15.9. The summed E-state index contributed by atoms with van der Waals surface area (Å²) in [5.41, 5.74) is 5.05. The average molecular weight is 575 g/mol. The molecule has 9 nitrogen and oxygen atoms in total. The summed E-state index contributed by atoms with van der Waals surface area (Å²) in [6.45, 7) is 7.55. The fourth-order valence-electron chi connectivity index (χ4n) is 4.41. The highest BCUT2D eigenvalue weighted by molar-refractivity contribution is 5.87. The van der Waals surface area contributed by atoms with Crippen LogP contribution in [0.1, 0.15) is 23.6 Å². The number of likely N-dealkylation sites (N-methyl/N-ethyl adjacent to an activating group) is 2. The maximum atomic E-state index is 13.5. The molecule has 2 N–H and O–H groups in total. The Bertz CT molecular complexity index is 1200. The second-order valence-electron chi connectivity index (χ2n) is 9.14. The second-order valence-corrected chi connectivity index (χ2v) is 9.14. The van der Waals surface area contributed by atoms with Crippen molar-refractivity contribution in [3.63, 3.8) is 0 Å². The lowest BCUT2D eigenvalue weighted by molar-refractivity contribution is -0.145. The van der Waals surface area contributed by atoms with E-state index in [4.69, 9.17) is 0 Å². The lowest BCUT2D eigenvalue weighted by Crippen LogP contribution is -2.48. The zero-order valence-electron chi connectivity index (χ0n) is 22.6. The van der Waals surface area contributed by atoms with Crippen LogP contribution in [0.4, 0.5) is 5.69 Å². The minimum atomic E-state index is -0.136. The van der Waals surface area contributed by atoms with Crippen molar-refractivity contribution in [2.75, 3.05) is 44.7 Å². The van der Waals surface area contributed by atoms with Gasteiger partial charge in [-0.1, -0.05) is 43.3 Å². The molecule has 210 valence electrons. The summed E-state index contributed by atoms with van der Waals surface area (Å²) >= 11 is 0. The molecule has 0 spiro atoms. The van der Waals surface area contributed by atoms with E-state index in [1.54, 1.807) is 30.5 Å². The van der Waals surface area contributed by atoms with Crippen LogP contribution in [0.25, 0.3) is 11.4 Å². The molecule has 3 aromatic rings. The van der Waals surface area contributed by atoms with Gasteiger partial charge in [0.05, 0.1) is 13.1 Å². The van der Waals surface area contributed by atoms with Gasteiger partial charge < -0.3 is 15.5 Å². The van der Waals surface area contributed by atoms with Crippen molar-refractivity contribution in [2.45, 2.75) is 26.9 Å². The monoisotopic (exact) mass is 573 g/mol. The third-order valence-corrected chi connectivity index (χ3v) is 6.52. The summed E-state index contributed by atoms with van der Waals surface area (Å²) in [6.07, 6.45) is 3.40. The van der Waals surface area contributed by atoms with E-state index >= 15 is 0 Å². The molecule has 0 unspecified atom stereocenters. The molecule has 1 aliphatic rings. The number of aryl methyl sites for hydroxylation is 1. The van der Waals surface area contributed by atoms with E-state index in [2.05, 4.69) is 32.7 Å². The first-order valence-corrected chi connectivity index (χ1v) is 12.6. The Morgan fingerprint density at radius 3 is 2.26 bits per heavy atom. The van der Waals surface area contributed by atoms with Crippen molar-refractivity contribution in [3.05, 3.63) is 77.6 Å². The highest BCUT2D eigenvalue weighted by atomic mass is 35.5. The van der Waals surface area contributed by atoms with Crippen LogP contribution < -0.4 is 15.5 Å². The fourth-order valence-corrected chi connectivity index (χ4v) is 4.41. The number of fused-ring (bicyclic) bond motifs is 1. The number of amides is 2. The molecule has 4 rings (SSSR count). The van der Waals surface area contributed by atoms with E-state index in [1.165, 1.54) is 11.1 Å². The molecule has 2 aromatic carbocycles. The van der Waals surface area contributed by atoms with Gasteiger partial charge >= 0.3 is 0 Å². The van der Waals surface area contributed by atoms with E-state index in [1.807, 2.05) is 54.1 Å². The molecular formula is C28H37Cl2N7O2. The molecule has 2 heterocycles. The number of halogens is 2. The van der Waals surface area contributed by atoms with Crippen molar-refractivity contribution in [1.29, 1.82) is 0 Å². The number of hydrazine groups is 1. The maximum absolute atomic E-state index is 13.5. The minimum Gasteiger partial charge on any atom is -0.353 e. The molecule has 0 bridgehead atoms. The van der Waals surface area contributed by atoms with Crippen LogP contribution >= 0.6 is 24.8 Å². The number of hydrogen-bond donors (Lipinski definition) is 2. The van der Waals surface area contributed by atoms with Crippen molar-refractivity contribution in [1.82, 2.24) is 30.6 Å². The zero-order chi connectivity index (χ0) is 26.2. The maximum Gasteiger partial charge on any atom is 0.256 e. The largest absolute Gasteiger partial charge is 0.353 e. The molecule has 0 saturated heterocycles. The molecule has 11 heteroatoms. The van der Waals surface area contributed by atoms with E-state index in [-0.39, 0.29) is 49.7 Å². The molecule has 0 saturated carbocycles. The van der Waals surface area contributed by atoms with Crippen LogP contribution in [0.15, 0.2) is 60.9 Å². The Hall–Kier alpha value is -3.24. The summed E-state index contributed by atoms with van der Waals surface area (Å²) in [5, 5.41) is 9.86. The number of benzene rings is 2. The van der Waals surface area contributed by atoms with Gasteiger partial charge in [0.25, 0.3) is 5.91 Å². The van der Waals surface area contributed by atoms with Gasteiger partial charge in [0.2, 0.25) is 5.91 Å². The normalized spacial score (nSPS) is 12.1. The topological polar surface area (TPSA) is 93.7 Å². The van der Waals surface area contributed by atoms with Gasteiger partial charge in [-0.15, -0.1) is 24.8 Å². The molecule has 0 aliphatic carbocycles. The van der Waals surface area contributed by atoms with Crippen molar-refractivity contribution in [3.8, 4) is 11.4 Å². The third kappa shape index (κ3) is 8.37. The third-order valence-electron chi connectivity index (χ3n) is 6.52. The van der Waals surface area contributed by atoms with Crippen molar-refractivity contribution < 1.29 is 9.59 Å². The van der Waals surface area contributed by atoms with E-state index < -0.39 is 0 Å². The van der Waals surface area contributed by atoms with Crippen LogP contribution in [-0.4, -0.2) is 71.6 Å². The Labute approximate surface area is 242 Å². The smallest absolute Gasteiger partial charge is 0.256 e. The number of carbonyl (C=O) groups excluding carboxylic acids is 2. The Kier molecular flexibility index (Phi) is 12.6. The molecule has 1 aromatic heterocycles. The first-order chi connectivity index (χ1) is 18.0. The first kappa shape index (κ1) is 32.0. The fraction of sp³-hybridized carbons (Fsp3) is 0.357. The zero-order valence-corrected chi connectivity index (χ0v) is 24.2. The molecule has 1 aliphatic heterocycles. The van der Waals surface area contributed by atoms with Crippen LogP contribution in [0.2, 0.25) is 0 Å². The predicted octanol–water partition coefficient (Wildman–Crippen LogP) is 3.22. The van der Waals surface area contributed by atoms with Gasteiger partial charge in [0.1, 0.15) is 0 Å². The molecule has 0 radical (unpaired) electrons. The highest BCUT2D eigenvalue weighted by Gasteiger charge is 2.27. The van der Waals surface area contributed by atoms with Gasteiger partial charge in [0.15, 0.2) is 5.82 Å². The van der Waals surface area contributed by atoms with Gasteiger partial charge in [-0.2, -0.15) is 0 Å². The van der Waals surface area contributed by atoms with Crippen LogP contribution in [-0.2, 0) is 22.7 Å². The van der Waals surface area contributed by atoms with E-state index in [9.17, 15) is 9.59 Å². The van der Waals surface area contributed by atoms with Gasteiger partial charge in [-0.05, 0) is 42.3 Å². The lowest BCUT2D eigenvalue weighted by Gasteiger charge is -2.32. The van der Waals surface area contributed by atoms with Crippen LogP contribution in [0.5, 0.6) is 0 Å². The number of aromatic nitrogens is 2. The molecule has 0 fully saturated rings.